The fourth-order valence-corrected chi connectivity index (χ4v) is 2.42. The maximum atomic E-state index is 13.0. The Morgan fingerprint density at radius 1 is 1.29 bits per heavy atom. The second kappa shape index (κ2) is 5.14. The van der Waals surface area contributed by atoms with E-state index in [0.29, 0.717) is 10.3 Å². The highest BCUT2D eigenvalue weighted by Crippen LogP contribution is 2.20. The van der Waals surface area contributed by atoms with Crippen LogP contribution in [0, 0.1) is 11.2 Å². The molecule has 1 saturated heterocycles. The van der Waals surface area contributed by atoms with Gasteiger partial charge in [-0.25, -0.2) is 4.39 Å². The zero-order valence-electron chi connectivity index (χ0n) is 9.71. The maximum Gasteiger partial charge on any atom is 0.129 e. The lowest BCUT2D eigenvalue weighted by Gasteiger charge is -2.34. The predicted molar refractivity (Wildman–Crippen MR) is 70.0 cm³/mol. The van der Waals surface area contributed by atoms with E-state index in [9.17, 15) is 4.39 Å². The molecule has 17 heavy (non-hydrogen) atoms. The van der Waals surface area contributed by atoms with Crippen molar-refractivity contribution in [2.75, 3.05) is 33.2 Å². The number of piperazine rings is 1. The summed E-state index contributed by atoms with van der Waals surface area (Å²) >= 11 is 3.31. The molecule has 1 aliphatic rings. The summed E-state index contributed by atoms with van der Waals surface area (Å²) in [6, 6.07) is 4.45. The molecule has 1 heterocycles. The Morgan fingerprint density at radius 2 is 1.94 bits per heavy atom. The summed E-state index contributed by atoms with van der Waals surface area (Å²) in [5.74, 6) is 0.178. The minimum absolute atomic E-state index is 0.285. The standard InChI is InChI=1S/C12H15BrFN3/c1-16-4-6-17(7-5-16)12(15)10-3-2-9(14)8-11(10)13/h2-3,8,15H,4-7H2,1H3. The molecular formula is C12H15BrFN3. The van der Waals surface area contributed by atoms with Crippen LogP contribution < -0.4 is 0 Å². The smallest absolute Gasteiger partial charge is 0.129 e. The van der Waals surface area contributed by atoms with Crippen LogP contribution in [0.25, 0.3) is 0 Å². The number of likely N-dealkylation sites (N-methyl/N-ethyl adjacent to an activating group) is 1. The largest absolute Gasteiger partial charge is 0.354 e. The van der Waals surface area contributed by atoms with E-state index in [1.807, 2.05) is 4.90 Å². The quantitative estimate of drug-likeness (QED) is 0.636. The summed E-state index contributed by atoms with van der Waals surface area (Å²) in [6.45, 7) is 3.61. The highest BCUT2D eigenvalue weighted by molar-refractivity contribution is 9.10. The van der Waals surface area contributed by atoms with Gasteiger partial charge in [0, 0.05) is 36.2 Å². The van der Waals surface area contributed by atoms with Crippen LogP contribution >= 0.6 is 15.9 Å². The summed E-state index contributed by atoms with van der Waals surface area (Å²) in [5.41, 5.74) is 0.746. The summed E-state index contributed by atoms with van der Waals surface area (Å²) in [4.78, 5) is 4.27. The molecule has 0 aliphatic carbocycles. The van der Waals surface area contributed by atoms with Crippen molar-refractivity contribution in [2.24, 2.45) is 0 Å². The van der Waals surface area contributed by atoms with Crippen molar-refractivity contribution in [1.82, 2.24) is 9.80 Å². The van der Waals surface area contributed by atoms with Gasteiger partial charge in [-0.05, 0) is 41.2 Å². The van der Waals surface area contributed by atoms with Crippen LogP contribution in [0.2, 0.25) is 0 Å². The number of amidine groups is 1. The Hall–Kier alpha value is -0.940. The molecule has 0 radical (unpaired) electrons. The highest BCUT2D eigenvalue weighted by atomic mass is 79.9. The van der Waals surface area contributed by atoms with Crippen molar-refractivity contribution in [3.8, 4) is 0 Å². The average molecular weight is 300 g/mol. The third kappa shape index (κ3) is 2.84. The third-order valence-electron chi connectivity index (χ3n) is 3.01. The van der Waals surface area contributed by atoms with E-state index < -0.39 is 0 Å². The van der Waals surface area contributed by atoms with Gasteiger partial charge >= 0.3 is 0 Å². The molecule has 0 spiro atoms. The summed E-state index contributed by atoms with van der Waals surface area (Å²) in [6.07, 6.45) is 0. The lowest BCUT2D eigenvalue weighted by molar-refractivity contribution is 0.215. The molecule has 0 unspecified atom stereocenters. The van der Waals surface area contributed by atoms with Crippen molar-refractivity contribution in [3.05, 3.63) is 34.1 Å². The van der Waals surface area contributed by atoms with Crippen LogP contribution in [0.5, 0.6) is 0 Å². The Labute approximate surface area is 109 Å². The first kappa shape index (κ1) is 12.5. The van der Waals surface area contributed by atoms with Gasteiger partial charge in [-0.15, -0.1) is 0 Å². The summed E-state index contributed by atoms with van der Waals surface area (Å²) in [7, 11) is 2.08. The first-order valence-corrected chi connectivity index (χ1v) is 6.34. The molecule has 0 bridgehead atoms. The van der Waals surface area contributed by atoms with Crippen LogP contribution in [-0.4, -0.2) is 48.9 Å². The fraction of sp³-hybridized carbons (Fsp3) is 0.417. The van der Waals surface area contributed by atoms with Gasteiger partial charge in [-0.1, -0.05) is 0 Å². The minimum atomic E-state index is -0.285. The fourth-order valence-electron chi connectivity index (χ4n) is 1.88. The molecule has 1 N–H and O–H groups in total. The first-order valence-electron chi connectivity index (χ1n) is 5.55. The molecule has 5 heteroatoms. The zero-order valence-corrected chi connectivity index (χ0v) is 11.3. The van der Waals surface area contributed by atoms with Crippen LogP contribution in [-0.2, 0) is 0 Å². The van der Waals surface area contributed by atoms with Gasteiger partial charge in [0.25, 0.3) is 0 Å². The number of benzene rings is 1. The van der Waals surface area contributed by atoms with E-state index in [1.54, 1.807) is 6.07 Å². The molecule has 0 atom stereocenters. The van der Waals surface area contributed by atoms with E-state index in [2.05, 4.69) is 27.9 Å². The lowest BCUT2D eigenvalue weighted by Crippen LogP contribution is -2.47. The van der Waals surface area contributed by atoms with E-state index in [4.69, 9.17) is 5.41 Å². The summed E-state index contributed by atoms with van der Waals surface area (Å²) < 4.78 is 13.6. The van der Waals surface area contributed by atoms with Gasteiger partial charge in [0.1, 0.15) is 11.7 Å². The zero-order chi connectivity index (χ0) is 12.4. The van der Waals surface area contributed by atoms with Crippen molar-refractivity contribution in [2.45, 2.75) is 0 Å². The number of hydrogen-bond donors (Lipinski definition) is 1. The highest BCUT2D eigenvalue weighted by Gasteiger charge is 2.19. The number of nitrogens with one attached hydrogen (secondary N) is 1. The molecule has 1 aromatic carbocycles. The van der Waals surface area contributed by atoms with Crippen molar-refractivity contribution in [3.63, 3.8) is 0 Å². The second-order valence-electron chi connectivity index (χ2n) is 4.26. The average Bonchev–Trinajstić information content (AvgIpc) is 2.29. The van der Waals surface area contributed by atoms with Crippen molar-refractivity contribution >= 4 is 21.8 Å². The first-order chi connectivity index (χ1) is 8.08. The number of nitrogens with zero attached hydrogens (tertiary/aromatic N) is 2. The van der Waals surface area contributed by atoms with Crippen LogP contribution in [0.1, 0.15) is 5.56 Å². The molecule has 0 saturated carbocycles. The number of rotatable bonds is 1. The van der Waals surface area contributed by atoms with Crippen molar-refractivity contribution < 1.29 is 4.39 Å². The Bertz CT molecular complexity index is 428. The Balaban J connectivity index is 2.14. The molecule has 1 aliphatic heterocycles. The third-order valence-corrected chi connectivity index (χ3v) is 3.66. The maximum absolute atomic E-state index is 13.0. The Kier molecular flexibility index (Phi) is 3.79. The number of halogens is 2. The lowest BCUT2D eigenvalue weighted by atomic mass is 10.1. The molecule has 0 amide bonds. The van der Waals surface area contributed by atoms with E-state index in [1.165, 1.54) is 12.1 Å². The van der Waals surface area contributed by atoms with E-state index in [0.717, 1.165) is 31.7 Å². The normalized spacial score (nSPS) is 17.2. The summed E-state index contributed by atoms with van der Waals surface area (Å²) in [5, 5.41) is 8.16. The Morgan fingerprint density at radius 3 is 2.53 bits per heavy atom. The molecular weight excluding hydrogens is 285 g/mol. The predicted octanol–water partition coefficient (Wildman–Crippen LogP) is 2.16. The molecule has 0 aromatic heterocycles. The van der Waals surface area contributed by atoms with Crippen molar-refractivity contribution in [1.29, 1.82) is 5.41 Å². The SMILES string of the molecule is CN1CCN(C(=N)c2ccc(F)cc2Br)CC1. The molecule has 3 nitrogen and oxygen atoms in total. The van der Waals surface area contributed by atoms with Crippen LogP contribution in [0.15, 0.2) is 22.7 Å². The minimum Gasteiger partial charge on any atom is -0.354 e. The topological polar surface area (TPSA) is 30.3 Å². The van der Waals surface area contributed by atoms with Gasteiger partial charge in [0.2, 0.25) is 0 Å². The molecule has 1 aromatic rings. The van der Waals surface area contributed by atoms with Gasteiger partial charge in [0.15, 0.2) is 0 Å². The van der Waals surface area contributed by atoms with E-state index >= 15 is 0 Å². The molecule has 92 valence electrons. The molecule has 1 fully saturated rings. The van der Waals surface area contributed by atoms with Crippen LogP contribution in [0.3, 0.4) is 0 Å². The van der Waals surface area contributed by atoms with Crippen LogP contribution in [0.4, 0.5) is 4.39 Å². The molecule has 2 rings (SSSR count). The van der Waals surface area contributed by atoms with Gasteiger partial charge in [0.05, 0.1) is 0 Å². The monoisotopic (exact) mass is 299 g/mol. The van der Waals surface area contributed by atoms with Gasteiger partial charge < -0.3 is 9.80 Å². The van der Waals surface area contributed by atoms with Gasteiger partial charge in [-0.3, -0.25) is 5.41 Å². The second-order valence-corrected chi connectivity index (χ2v) is 5.12. The van der Waals surface area contributed by atoms with E-state index in [-0.39, 0.29) is 5.82 Å². The van der Waals surface area contributed by atoms with Gasteiger partial charge in [-0.2, -0.15) is 0 Å². The number of hydrogen-bond acceptors (Lipinski definition) is 2.